The molecule has 5 nitrogen and oxygen atoms in total. The second kappa shape index (κ2) is 9.62. The van der Waals surface area contributed by atoms with E-state index in [1.807, 2.05) is 12.3 Å². The topological polar surface area (TPSA) is 43.8 Å². The summed E-state index contributed by atoms with van der Waals surface area (Å²) < 4.78 is 0. The maximum absolute atomic E-state index is 4.84. The van der Waals surface area contributed by atoms with E-state index in [1.54, 1.807) is 0 Å². The molecule has 0 saturated carbocycles. The zero-order valence-electron chi connectivity index (χ0n) is 15.8. The maximum Gasteiger partial charge on any atom is 0.194 e. The van der Waals surface area contributed by atoms with Crippen LogP contribution in [0.3, 0.4) is 0 Å². The van der Waals surface area contributed by atoms with Gasteiger partial charge in [-0.2, -0.15) is 0 Å². The number of likely N-dealkylation sites (tertiary alicyclic amines) is 1. The van der Waals surface area contributed by atoms with Crippen LogP contribution in [0.2, 0.25) is 0 Å². The number of rotatable bonds is 7. The van der Waals surface area contributed by atoms with E-state index in [9.17, 15) is 0 Å². The molecule has 1 atom stereocenters. The third-order valence-corrected chi connectivity index (χ3v) is 4.83. The highest BCUT2D eigenvalue weighted by molar-refractivity contribution is 5.80. The summed E-state index contributed by atoms with van der Waals surface area (Å²) in [6.45, 7) is 15.9. The Hall–Kier alpha value is -1.62. The minimum Gasteiger partial charge on any atom is -0.357 e. The van der Waals surface area contributed by atoms with Crippen LogP contribution in [-0.2, 0) is 6.54 Å². The average Bonchev–Trinajstić information content (AvgIpc) is 3.06. The fourth-order valence-electron chi connectivity index (χ4n) is 3.28. The quantitative estimate of drug-likeness (QED) is 0.616. The Kier molecular flexibility index (Phi) is 7.50. The number of pyridine rings is 1. The van der Waals surface area contributed by atoms with Crippen molar-refractivity contribution in [2.45, 2.75) is 40.7 Å². The first-order valence-electron chi connectivity index (χ1n) is 9.33. The van der Waals surface area contributed by atoms with Gasteiger partial charge in [-0.1, -0.05) is 19.9 Å². The number of hydrogen-bond donors (Lipinski definition) is 1. The number of aromatic nitrogens is 1. The lowest BCUT2D eigenvalue weighted by atomic mass is 10.1. The lowest BCUT2D eigenvalue weighted by molar-refractivity contribution is 0.255. The van der Waals surface area contributed by atoms with Crippen LogP contribution in [0.4, 0.5) is 0 Å². The average molecular weight is 332 g/mol. The van der Waals surface area contributed by atoms with Crippen molar-refractivity contribution in [3.63, 3.8) is 0 Å². The van der Waals surface area contributed by atoms with Crippen LogP contribution in [0.5, 0.6) is 0 Å². The molecule has 0 radical (unpaired) electrons. The summed E-state index contributed by atoms with van der Waals surface area (Å²) in [4.78, 5) is 14.2. The predicted molar refractivity (Wildman–Crippen MR) is 101 cm³/mol. The Bertz CT molecular complexity index is 524. The van der Waals surface area contributed by atoms with Crippen LogP contribution in [0.1, 0.15) is 38.4 Å². The number of aryl methyl sites for hydroxylation is 1. The minimum absolute atomic E-state index is 0.645. The van der Waals surface area contributed by atoms with E-state index < -0.39 is 0 Å². The highest BCUT2D eigenvalue weighted by Crippen LogP contribution is 2.18. The van der Waals surface area contributed by atoms with Gasteiger partial charge in [-0.3, -0.25) is 4.98 Å². The minimum atomic E-state index is 0.645. The smallest absolute Gasteiger partial charge is 0.194 e. The number of hydrogen-bond acceptors (Lipinski definition) is 3. The summed E-state index contributed by atoms with van der Waals surface area (Å²) >= 11 is 0. The predicted octanol–water partition coefficient (Wildman–Crippen LogP) is 2.52. The lowest BCUT2D eigenvalue weighted by Crippen LogP contribution is -2.41. The van der Waals surface area contributed by atoms with Gasteiger partial charge in [0.25, 0.3) is 0 Å². The Labute approximate surface area is 147 Å². The van der Waals surface area contributed by atoms with Gasteiger partial charge in [0, 0.05) is 32.4 Å². The summed E-state index contributed by atoms with van der Waals surface area (Å²) in [5, 5.41) is 3.45. The van der Waals surface area contributed by atoms with Crippen LogP contribution in [-0.4, -0.2) is 60.0 Å². The molecule has 1 N–H and O–H groups in total. The number of nitrogens with zero attached hydrogens (tertiary/aromatic N) is 4. The van der Waals surface area contributed by atoms with Crippen LogP contribution in [0.15, 0.2) is 23.3 Å². The summed E-state index contributed by atoms with van der Waals surface area (Å²) in [7, 11) is 0. The van der Waals surface area contributed by atoms with Crippen LogP contribution in [0.25, 0.3) is 0 Å². The van der Waals surface area contributed by atoms with E-state index >= 15 is 0 Å². The molecule has 5 heteroatoms. The lowest BCUT2D eigenvalue weighted by Gasteiger charge is -2.24. The molecule has 1 aliphatic rings. The zero-order chi connectivity index (χ0) is 17.4. The first-order valence-corrected chi connectivity index (χ1v) is 9.33. The Morgan fingerprint density at radius 1 is 1.38 bits per heavy atom. The van der Waals surface area contributed by atoms with Gasteiger partial charge in [-0.05, 0) is 50.9 Å². The molecule has 0 aromatic carbocycles. The molecule has 1 aromatic heterocycles. The maximum atomic E-state index is 4.84. The molecule has 0 aliphatic carbocycles. The van der Waals surface area contributed by atoms with Crippen LogP contribution in [0, 0.1) is 12.8 Å². The first-order chi connectivity index (χ1) is 11.7. The van der Waals surface area contributed by atoms with Crippen molar-refractivity contribution in [1.29, 1.82) is 0 Å². The van der Waals surface area contributed by atoms with Crippen molar-refractivity contribution >= 4 is 5.96 Å². The van der Waals surface area contributed by atoms with Gasteiger partial charge in [-0.25, -0.2) is 4.99 Å². The Balaban J connectivity index is 1.98. The van der Waals surface area contributed by atoms with E-state index in [0.717, 1.165) is 50.3 Å². The van der Waals surface area contributed by atoms with Gasteiger partial charge in [0.1, 0.15) is 0 Å². The molecule has 24 heavy (non-hydrogen) atoms. The van der Waals surface area contributed by atoms with Crippen molar-refractivity contribution in [3.05, 3.63) is 29.6 Å². The first kappa shape index (κ1) is 18.7. The van der Waals surface area contributed by atoms with Crippen molar-refractivity contribution in [3.8, 4) is 0 Å². The van der Waals surface area contributed by atoms with E-state index in [1.165, 1.54) is 18.5 Å². The summed E-state index contributed by atoms with van der Waals surface area (Å²) in [5.74, 6) is 1.77. The Morgan fingerprint density at radius 3 is 2.83 bits per heavy atom. The number of nitrogens with one attached hydrogen (secondary N) is 1. The largest absolute Gasteiger partial charge is 0.357 e. The molecule has 1 aromatic rings. The summed E-state index contributed by atoms with van der Waals surface area (Å²) in [6.07, 6.45) is 3.10. The second-order valence-corrected chi connectivity index (χ2v) is 6.52. The highest BCUT2D eigenvalue weighted by Gasteiger charge is 2.25. The van der Waals surface area contributed by atoms with Gasteiger partial charge in [0.15, 0.2) is 5.96 Å². The number of guanidine groups is 1. The SMILES string of the molecule is CCNC(=NCc1ncccc1C)N1CCC(CN(CC)CC)C1. The third kappa shape index (κ3) is 5.20. The third-order valence-electron chi connectivity index (χ3n) is 4.83. The molecule has 2 rings (SSSR count). The van der Waals surface area contributed by atoms with Gasteiger partial charge >= 0.3 is 0 Å². The molecular weight excluding hydrogens is 298 g/mol. The van der Waals surface area contributed by atoms with Crippen molar-refractivity contribution in [2.75, 3.05) is 39.3 Å². The summed E-state index contributed by atoms with van der Waals surface area (Å²) in [5.41, 5.74) is 2.27. The molecule has 0 amide bonds. The van der Waals surface area contributed by atoms with Crippen LogP contribution < -0.4 is 5.32 Å². The molecular formula is C19H33N5. The van der Waals surface area contributed by atoms with Crippen molar-refractivity contribution in [1.82, 2.24) is 20.1 Å². The normalized spacial score (nSPS) is 18.5. The molecule has 134 valence electrons. The van der Waals surface area contributed by atoms with E-state index in [-0.39, 0.29) is 0 Å². The molecule has 0 bridgehead atoms. The van der Waals surface area contributed by atoms with E-state index in [4.69, 9.17) is 4.99 Å². The van der Waals surface area contributed by atoms with E-state index in [0.29, 0.717) is 6.54 Å². The standard InChI is InChI=1S/C19H33N5/c1-5-20-19(22-13-18-16(4)9-8-11-21-18)24-12-10-17(15-24)14-23(6-2)7-3/h8-9,11,17H,5-7,10,12-15H2,1-4H3,(H,20,22). The van der Waals surface area contributed by atoms with E-state index in [2.05, 4.69) is 53.9 Å². The second-order valence-electron chi connectivity index (χ2n) is 6.52. The molecule has 0 spiro atoms. The van der Waals surface area contributed by atoms with Gasteiger partial charge in [-0.15, -0.1) is 0 Å². The molecule has 1 unspecified atom stereocenters. The molecule has 1 saturated heterocycles. The van der Waals surface area contributed by atoms with Crippen molar-refractivity contribution < 1.29 is 0 Å². The molecule has 1 aliphatic heterocycles. The van der Waals surface area contributed by atoms with Crippen LogP contribution >= 0.6 is 0 Å². The van der Waals surface area contributed by atoms with Crippen molar-refractivity contribution in [2.24, 2.45) is 10.9 Å². The van der Waals surface area contributed by atoms with Gasteiger partial charge in [0.2, 0.25) is 0 Å². The van der Waals surface area contributed by atoms with Gasteiger partial charge < -0.3 is 15.1 Å². The zero-order valence-corrected chi connectivity index (χ0v) is 15.8. The Morgan fingerprint density at radius 2 is 2.17 bits per heavy atom. The fourth-order valence-corrected chi connectivity index (χ4v) is 3.28. The fraction of sp³-hybridized carbons (Fsp3) is 0.684. The summed E-state index contributed by atoms with van der Waals surface area (Å²) in [6, 6.07) is 4.08. The van der Waals surface area contributed by atoms with Gasteiger partial charge in [0.05, 0.1) is 12.2 Å². The number of aliphatic imine (C=N–C) groups is 1. The molecule has 1 fully saturated rings. The highest BCUT2D eigenvalue weighted by atomic mass is 15.3. The molecule has 2 heterocycles. The monoisotopic (exact) mass is 331 g/mol.